The van der Waals surface area contributed by atoms with Gasteiger partial charge in [-0.2, -0.15) is 0 Å². The summed E-state index contributed by atoms with van der Waals surface area (Å²) in [6.45, 7) is 2.89. The maximum Gasteiger partial charge on any atom is 0.322 e. The molecule has 2 aliphatic heterocycles. The number of urea groups is 1. The molecule has 1 atom stereocenters. The fraction of sp³-hybridized carbons (Fsp3) is 0.435. The Kier molecular flexibility index (Phi) is 4.18. The summed E-state index contributed by atoms with van der Waals surface area (Å²) >= 11 is 0. The minimum Gasteiger partial charge on any atom is -0.448 e. The van der Waals surface area contributed by atoms with Gasteiger partial charge in [0.05, 0.1) is 6.04 Å². The lowest BCUT2D eigenvalue weighted by atomic mass is 9.99. The van der Waals surface area contributed by atoms with Crippen molar-refractivity contribution in [3.8, 4) is 11.5 Å². The standard InChI is InChI=1S/C23H26N2O3/c1-16-7-2-3-8-18(16)19-9-6-14-25(19)22(26)24-17-10-11-20-21(15-17)28-23(27-20)12-4-5-13-23/h2-3,7-8,10-11,15,19H,4-6,9,12-14H2,1H3,(H,24,26). The fourth-order valence-electron chi connectivity index (χ4n) is 4.78. The second-order valence-electron chi connectivity index (χ2n) is 8.12. The molecule has 2 aromatic carbocycles. The molecule has 146 valence electrons. The summed E-state index contributed by atoms with van der Waals surface area (Å²) in [6.07, 6.45) is 6.14. The zero-order chi connectivity index (χ0) is 19.1. The maximum atomic E-state index is 13.0. The molecule has 5 nitrogen and oxygen atoms in total. The molecule has 3 aliphatic rings. The summed E-state index contributed by atoms with van der Waals surface area (Å²) in [7, 11) is 0. The number of hydrogen-bond donors (Lipinski definition) is 1. The average molecular weight is 378 g/mol. The highest BCUT2D eigenvalue weighted by atomic mass is 16.7. The highest BCUT2D eigenvalue weighted by molar-refractivity contribution is 5.90. The van der Waals surface area contributed by atoms with Gasteiger partial charge in [0.25, 0.3) is 5.79 Å². The lowest BCUT2D eigenvalue weighted by Gasteiger charge is -2.26. The van der Waals surface area contributed by atoms with Gasteiger partial charge in [0.15, 0.2) is 11.5 Å². The summed E-state index contributed by atoms with van der Waals surface area (Å²) < 4.78 is 12.2. The summed E-state index contributed by atoms with van der Waals surface area (Å²) in [4.78, 5) is 15.0. The second-order valence-corrected chi connectivity index (χ2v) is 8.12. The van der Waals surface area contributed by atoms with Gasteiger partial charge >= 0.3 is 6.03 Å². The molecule has 0 aromatic heterocycles. The minimum absolute atomic E-state index is 0.0554. The number of nitrogens with zero attached hydrogens (tertiary/aromatic N) is 1. The van der Waals surface area contributed by atoms with Crippen LogP contribution < -0.4 is 14.8 Å². The third-order valence-electron chi connectivity index (χ3n) is 6.21. The molecule has 5 heteroatoms. The van der Waals surface area contributed by atoms with Crippen LogP contribution in [0.1, 0.15) is 55.7 Å². The lowest BCUT2D eigenvalue weighted by Crippen LogP contribution is -2.34. The number of amides is 2. The number of ether oxygens (including phenoxy) is 2. The highest BCUT2D eigenvalue weighted by Crippen LogP contribution is 2.47. The summed E-state index contributed by atoms with van der Waals surface area (Å²) in [5, 5.41) is 3.06. The number of benzene rings is 2. The molecule has 2 amide bonds. The number of carbonyl (C=O) groups excluding carboxylic acids is 1. The molecular formula is C23H26N2O3. The van der Waals surface area contributed by atoms with Crippen LogP contribution in [0.25, 0.3) is 0 Å². The number of rotatable bonds is 2. The van der Waals surface area contributed by atoms with Gasteiger partial charge in [0.1, 0.15) is 0 Å². The Bertz CT molecular complexity index is 904. The van der Waals surface area contributed by atoms with Crippen molar-refractivity contribution >= 4 is 11.7 Å². The second kappa shape index (κ2) is 6.73. The number of nitrogens with one attached hydrogen (secondary N) is 1. The van der Waals surface area contributed by atoms with Crippen LogP contribution >= 0.6 is 0 Å². The molecule has 5 rings (SSSR count). The molecule has 1 spiro atoms. The van der Waals surface area contributed by atoms with Gasteiger partial charge in [-0.1, -0.05) is 24.3 Å². The van der Waals surface area contributed by atoms with E-state index >= 15 is 0 Å². The summed E-state index contributed by atoms with van der Waals surface area (Å²) in [5.74, 6) is 1.03. The third kappa shape index (κ3) is 2.99. The predicted molar refractivity (Wildman–Crippen MR) is 108 cm³/mol. The number of fused-ring (bicyclic) bond motifs is 1. The molecule has 1 aliphatic carbocycles. The Labute approximate surface area is 165 Å². The number of anilines is 1. The van der Waals surface area contributed by atoms with Gasteiger partial charge in [0.2, 0.25) is 0 Å². The number of carbonyl (C=O) groups is 1. The van der Waals surface area contributed by atoms with E-state index in [1.54, 1.807) is 0 Å². The van der Waals surface area contributed by atoms with Gasteiger partial charge in [-0.3, -0.25) is 0 Å². The van der Waals surface area contributed by atoms with Crippen molar-refractivity contribution in [1.82, 2.24) is 4.90 Å². The predicted octanol–water partition coefficient (Wildman–Crippen LogP) is 5.41. The SMILES string of the molecule is Cc1ccccc1C1CCCN1C(=O)Nc1ccc2c(c1)OC1(CCCC1)O2. The van der Waals surface area contributed by atoms with Crippen molar-refractivity contribution in [2.24, 2.45) is 0 Å². The first-order valence-electron chi connectivity index (χ1n) is 10.3. The Balaban J connectivity index is 1.32. The lowest BCUT2D eigenvalue weighted by molar-refractivity contribution is -0.0716. The van der Waals surface area contributed by atoms with Crippen LogP contribution in [0.2, 0.25) is 0 Å². The van der Waals surface area contributed by atoms with Gasteiger partial charge in [0, 0.05) is 31.1 Å². The maximum absolute atomic E-state index is 13.0. The zero-order valence-corrected chi connectivity index (χ0v) is 16.2. The largest absolute Gasteiger partial charge is 0.448 e. The number of aryl methyl sites for hydroxylation is 1. The molecule has 1 saturated carbocycles. The summed E-state index contributed by atoms with van der Waals surface area (Å²) in [5.41, 5.74) is 3.22. The van der Waals surface area contributed by atoms with E-state index in [1.165, 1.54) is 11.1 Å². The molecule has 2 fully saturated rings. The van der Waals surface area contributed by atoms with E-state index in [2.05, 4.69) is 24.4 Å². The van der Waals surface area contributed by atoms with Crippen LogP contribution in [0.5, 0.6) is 11.5 Å². The van der Waals surface area contributed by atoms with Crippen LogP contribution in [0.4, 0.5) is 10.5 Å². The van der Waals surface area contributed by atoms with E-state index in [0.29, 0.717) is 0 Å². The van der Waals surface area contributed by atoms with Gasteiger partial charge in [-0.25, -0.2) is 4.79 Å². The van der Waals surface area contributed by atoms with Crippen molar-refractivity contribution in [3.63, 3.8) is 0 Å². The number of hydrogen-bond acceptors (Lipinski definition) is 3. The Hall–Kier alpha value is -2.69. The van der Waals surface area contributed by atoms with E-state index in [4.69, 9.17) is 9.47 Å². The Morgan fingerprint density at radius 3 is 2.68 bits per heavy atom. The van der Waals surface area contributed by atoms with E-state index in [1.807, 2.05) is 35.2 Å². The van der Waals surface area contributed by atoms with Crippen molar-refractivity contribution < 1.29 is 14.3 Å². The van der Waals surface area contributed by atoms with Gasteiger partial charge < -0.3 is 19.7 Å². The Morgan fingerprint density at radius 2 is 1.86 bits per heavy atom. The molecule has 2 heterocycles. The molecule has 28 heavy (non-hydrogen) atoms. The van der Waals surface area contributed by atoms with E-state index in [-0.39, 0.29) is 12.1 Å². The van der Waals surface area contributed by atoms with Crippen LogP contribution in [0.3, 0.4) is 0 Å². The first-order chi connectivity index (χ1) is 13.6. The van der Waals surface area contributed by atoms with Crippen LogP contribution in [0.15, 0.2) is 42.5 Å². The van der Waals surface area contributed by atoms with Crippen LogP contribution in [-0.4, -0.2) is 23.3 Å². The van der Waals surface area contributed by atoms with Crippen molar-refractivity contribution in [1.29, 1.82) is 0 Å². The van der Waals surface area contributed by atoms with Crippen LogP contribution in [0, 0.1) is 6.92 Å². The molecule has 1 N–H and O–H groups in total. The first kappa shape index (κ1) is 17.4. The Morgan fingerprint density at radius 1 is 1.07 bits per heavy atom. The topological polar surface area (TPSA) is 50.8 Å². The smallest absolute Gasteiger partial charge is 0.322 e. The van der Waals surface area contributed by atoms with Crippen LogP contribution in [-0.2, 0) is 0 Å². The van der Waals surface area contributed by atoms with E-state index < -0.39 is 5.79 Å². The quantitative estimate of drug-likeness (QED) is 0.761. The summed E-state index contributed by atoms with van der Waals surface area (Å²) in [6, 6.07) is 14.1. The van der Waals surface area contributed by atoms with Gasteiger partial charge in [-0.15, -0.1) is 0 Å². The van der Waals surface area contributed by atoms with Crippen molar-refractivity contribution in [2.75, 3.05) is 11.9 Å². The molecule has 2 aromatic rings. The third-order valence-corrected chi connectivity index (χ3v) is 6.21. The zero-order valence-electron chi connectivity index (χ0n) is 16.2. The molecule has 0 radical (unpaired) electrons. The number of likely N-dealkylation sites (tertiary alicyclic amines) is 1. The van der Waals surface area contributed by atoms with E-state index in [0.717, 1.165) is 62.3 Å². The molecule has 0 bridgehead atoms. The average Bonchev–Trinajstić information content (AvgIpc) is 3.41. The van der Waals surface area contributed by atoms with Gasteiger partial charge in [-0.05, 0) is 55.9 Å². The monoisotopic (exact) mass is 378 g/mol. The van der Waals surface area contributed by atoms with Crippen molar-refractivity contribution in [2.45, 2.75) is 57.3 Å². The fourth-order valence-corrected chi connectivity index (χ4v) is 4.78. The molecular weight excluding hydrogens is 352 g/mol. The molecule has 1 unspecified atom stereocenters. The van der Waals surface area contributed by atoms with Crippen molar-refractivity contribution in [3.05, 3.63) is 53.6 Å². The highest BCUT2D eigenvalue weighted by Gasteiger charge is 2.44. The van der Waals surface area contributed by atoms with E-state index in [9.17, 15) is 4.79 Å². The minimum atomic E-state index is -0.476. The normalized spacial score (nSPS) is 22.0. The first-order valence-corrected chi connectivity index (χ1v) is 10.3. The molecule has 1 saturated heterocycles.